The highest BCUT2D eigenvalue weighted by molar-refractivity contribution is 6.01. The van der Waals surface area contributed by atoms with Gasteiger partial charge in [0, 0.05) is 0 Å². The Kier molecular flexibility index (Phi) is 2.74. The van der Waals surface area contributed by atoms with Crippen molar-refractivity contribution < 1.29 is 9.53 Å². The molecule has 0 atom stereocenters. The lowest BCUT2D eigenvalue weighted by Gasteiger charge is -2.08. The molecule has 2 aromatic carbocycles. The number of nitrogens with two attached hydrogens (primary N) is 1. The quantitative estimate of drug-likeness (QED) is 0.453. The standard InChI is InChI=1S/C12H12N2O2/c1-16-11-7-9-5-3-2-4-8(9)6-10(11)12(15)14-13/h2-7H,13H2,1H3,(H,14,15). The van der Waals surface area contributed by atoms with Crippen molar-refractivity contribution in [3.05, 3.63) is 42.0 Å². The van der Waals surface area contributed by atoms with Crippen LogP contribution in [0.1, 0.15) is 10.4 Å². The van der Waals surface area contributed by atoms with E-state index in [0.29, 0.717) is 11.3 Å². The minimum Gasteiger partial charge on any atom is -0.496 e. The van der Waals surface area contributed by atoms with Crippen molar-refractivity contribution in [3.8, 4) is 5.75 Å². The van der Waals surface area contributed by atoms with E-state index in [0.717, 1.165) is 10.8 Å². The second kappa shape index (κ2) is 4.20. The van der Waals surface area contributed by atoms with E-state index in [-0.39, 0.29) is 5.91 Å². The zero-order valence-electron chi connectivity index (χ0n) is 8.86. The summed E-state index contributed by atoms with van der Waals surface area (Å²) in [5, 5.41) is 2.00. The molecule has 0 aliphatic rings. The summed E-state index contributed by atoms with van der Waals surface area (Å²) < 4.78 is 5.16. The second-order valence-electron chi connectivity index (χ2n) is 3.37. The van der Waals surface area contributed by atoms with Crippen LogP contribution in [0, 0.1) is 0 Å². The zero-order chi connectivity index (χ0) is 11.5. The van der Waals surface area contributed by atoms with E-state index in [1.54, 1.807) is 6.07 Å². The van der Waals surface area contributed by atoms with Crippen LogP contribution in [-0.2, 0) is 0 Å². The van der Waals surface area contributed by atoms with Crippen LogP contribution in [0.2, 0.25) is 0 Å². The third kappa shape index (κ3) is 1.70. The molecular weight excluding hydrogens is 204 g/mol. The molecule has 0 heterocycles. The number of hydrogen-bond donors (Lipinski definition) is 2. The monoisotopic (exact) mass is 216 g/mol. The number of hydrogen-bond acceptors (Lipinski definition) is 3. The molecule has 0 radical (unpaired) electrons. The van der Waals surface area contributed by atoms with Gasteiger partial charge in [0.1, 0.15) is 5.75 Å². The van der Waals surface area contributed by atoms with Gasteiger partial charge in [-0.25, -0.2) is 5.84 Å². The van der Waals surface area contributed by atoms with Crippen LogP contribution in [0.4, 0.5) is 0 Å². The van der Waals surface area contributed by atoms with Gasteiger partial charge in [-0.3, -0.25) is 10.2 Å². The first-order chi connectivity index (χ1) is 7.76. The molecule has 0 saturated carbocycles. The number of fused-ring (bicyclic) bond motifs is 1. The third-order valence-electron chi connectivity index (χ3n) is 2.44. The lowest BCUT2D eigenvalue weighted by Crippen LogP contribution is -2.30. The summed E-state index contributed by atoms with van der Waals surface area (Å²) in [5.74, 6) is 5.27. The number of amides is 1. The molecule has 0 unspecified atom stereocenters. The summed E-state index contributed by atoms with van der Waals surface area (Å²) in [5.41, 5.74) is 2.54. The van der Waals surface area contributed by atoms with Crippen LogP contribution in [0.15, 0.2) is 36.4 Å². The third-order valence-corrected chi connectivity index (χ3v) is 2.44. The fourth-order valence-electron chi connectivity index (χ4n) is 1.64. The molecule has 0 saturated heterocycles. The van der Waals surface area contributed by atoms with Crippen molar-refractivity contribution in [2.75, 3.05) is 7.11 Å². The maximum absolute atomic E-state index is 11.5. The van der Waals surface area contributed by atoms with Crippen LogP contribution in [0.25, 0.3) is 10.8 Å². The number of nitrogen functional groups attached to an aromatic ring is 1. The molecule has 16 heavy (non-hydrogen) atoms. The summed E-state index contributed by atoms with van der Waals surface area (Å²) in [7, 11) is 1.53. The highest BCUT2D eigenvalue weighted by atomic mass is 16.5. The van der Waals surface area contributed by atoms with Crippen molar-refractivity contribution in [2.45, 2.75) is 0 Å². The minimum absolute atomic E-state index is 0.359. The number of rotatable bonds is 2. The Bertz CT molecular complexity index is 538. The highest BCUT2D eigenvalue weighted by Gasteiger charge is 2.11. The smallest absolute Gasteiger partial charge is 0.268 e. The van der Waals surface area contributed by atoms with E-state index in [1.165, 1.54) is 7.11 Å². The van der Waals surface area contributed by atoms with Gasteiger partial charge in [0.15, 0.2) is 0 Å². The lowest BCUT2D eigenvalue weighted by molar-refractivity contribution is 0.0951. The first-order valence-corrected chi connectivity index (χ1v) is 4.84. The second-order valence-corrected chi connectivity index (χ2v) is 3.37. The molecule has 4 heteroatoms. The van der Waals surface area contributed by atoms with Crippen molar-refractivity contribution in [2.24, 2.45) is 5.84 Å². The Hall–Kier alpha value is -2.07. The first-order valence-electron chi connectivity index (χ1n) is 4.84. The maximum atomic E-state index is 11.5. The maximum Gasteiger partial charge on any atom is 0.268 e. The molecule has 0 bridgehead atoms. The summed E-state index contributed by atoms with van der Waals surface area (Å²) in [6.07, 6.45) is 0. The Labute approximate surface area is 93.0 Å². The van der Waals surface area contributed by atoms with Gasteiger partial charge < -0.3 is 4.74 Å². The largest absolute Gasteiger partial charge is 0.496 e. The molecule has 0 aliphatic heterocycles. The molecule has 0 aliphatic carbocycles. The average molecular weight is 216 g/mol. The zero-order valence-corrected chi connectivity index (χ0v) is 8.86. The number of benzene rings is 2. The summed E-state index contributed by atoms with van der Waals surface area (Å²) >= 11 is 0. The Morgan fingerprint density at radius 1 is 1.25 bits per heavy atom. The van der Waals surface area contributed by atoms with Gasteiger partial charge in [-0.1, -0.05) is 24.3 Å². The molecule has 0 fully saturated rings. The highest BCUT2D eigenvalue weighted by Crippen LogP contribution is 2.25. The Morgan fingerprint density at radius 2 is 1.88 bits per heavy atom. The van der Waals surface area contributed by atoms with E-state index >= 15 is 0 Å². The molecule has 1 amide bonds. The lowest BCUT2D eigenvalue weighted by atomic mass is 10.1. The van der Waals surface area contributed by atoms with Crippen molar-refractivity contribution >= 4 is 16.7 Å². The van der Waals surface area contributed by atoms with Gasteiger partial charge in [-0.05, 0) is 22.9 Å². The average Bonchev–Trinajstić information content (AvgIpc) is 2.36. The first kappa shape index (κ1) is 10.4. The number of ether oxygens (including phenoxy) is 1. The number of carbonyl (C=O) groups excluding carboxylic acids is 1. The van der Waals surface area contributed by atoms with Crippen LogP contribution >= 0.6 is 0 Å². The molecule has 2 aromatic rings. The molecule has 4 nitrogen and oxygen atoms in total. The van der Waals surface area contributed by atoms with Crippen LogP contribution in [0.5, 0.6) is 5.75 Å². The van der Waals surface area contributed by atoms with E-state index < -0.39 is 0 Å². The van der Waals surface area contributed by atoms with Gasteiger partial charge in [0.2, 0.25) is 0 Å². The number of methoxy groups -OCH3 is 1. The number of nitrogens with one attached hydrogen (secondary N) is 1. The molecular formula is C12H12N2O2. The van der Waals surface area contributed by atoms with Crippen molar-refractivity contribution in [3.63, 3.8) is 0 Å². The molecule has 0 spiro atoms. The van der Waals surface area contributed by atoms with E-state index in [1.807, 2.05) is 30.3 Å². The SMILES string of the molecule is COc1cc2ccccc2cc1C(=O)NN. The molecule has 2 rings (SSSR count). The van der Waals surface area contributed by atoms with E-state index in [2.05, 4.69) is 5.43 Å². The topological polar surface area (TPSA) is 64.3 Å². The number of carbonyl (C=O) groups is 1. The molecule has 0 aromatic heterocycles. The minimum atomic E-state index is -0.359. The normalized spacial score (nSPS) is 10.1. The van der Waals surface area contributed by atoms with Gasteiger partial charge in [-0.15, -0.1) is 0 Å². The molecule has 82 valence electrons. The number of hydrazine groups is 1. The summed E-state index contributed by atoms with van der Waals surface area (Å²) in [4.78, 5) is 11.5. The van der Waals surface area contributed by atoms with E-state index in [4.69, 9.17) is 10.6 Å². The van der Waals surface area contributed by atoms with Crippen LogP contribution in [-0.4, -0.2) is 13.0 Å². The van der Waals surface area contributed by atoms with Crippen molar-refractivity contribution in [1.29, 1.82) is 0 Å². The van der Waals surface area contributed by atoms with Gasteiger partial charge in [-0.2, -0.15) is 0 Å². The Balaban J connectivity index is 2.67. The van der Waals surface area contributed by atoms with Crippen LogP contribution < -0.4 is 16.0 Å². The predicted molar refractivity (Wildman–Crippen MR) is 62.2 cm³/mol. The van der Waals surface area contributed by atoms with Crippen LogP contribution in [0.3, 0.4) is 0 Å². The predicted octanol–water partition coefficient (Wildman–Crippen LogP) is 1.45. The molecule has 3 N–H and O–H groups in total. The van der Waals surface area contributed by atoms with Gasteiger partial charge in [0.25, 0.3) is 5.91 Å². The fourth-order valence-corrected chi connectivity index (χ4v) is 1.64. The summed E-state index contributed by atoms with van der Waals surface area (Å²) in [6, 6.07) is 11.3. The van der Waals surface area contributed by atoms with Gasteiger partial charge in [0.05, 0.1) is 12.7 Å². The van der Waals surface area contributed by atoms with Crippen molar-refractivity contribution in [1.82, 2.24) is 5.43 Å². The van der Waals surface area contributed by atoms with E-state index in [9.17, 15) is 4.79 Å². The van der Waals surface area contributed by atoms with Gasteiger partial charge >= 0.3 is 0 Å². The fraction of sp³-hybridized carbons (Fsp3) is 0.0833. The summed E-state index contributed by atoms with van der Waals surface area (Å²) in [6.45, 7) is 0. The Morgan fingerprint density at radius 3 is 2.44 bits per heavy atom.